The maximum absolute atomic E-state index is 12.5. The third kappa shape index (κ3) is 3.25. The lowest BCUT2D eigenvalue weighted by molar-refractivity contribution is 0.579. The summed E-state index contributed by atoms with van der Waals surface area (Å²) in [6.07, 6.45) is 0. The second-order valence-corrected chi connectivity index (χ2v) is 7.83. The molecule has 0 atom stereocenters. The fourth-order valence-corrected chi connectivity index (χ4v) is 4.42. The van der Waals surface area contributed by atoms with E-state index in [2.05, 4.69) is 9.71 Å². The first-order valence-electron chi connectivity index (χ1n) is 6.49. The Morgan fingerprint density at radius 2 is 1.90 bits per heavy atom. The van der Waals surface area contributed by atoms with Crippen LogP contribution >= 0.6 is 11.3 Å². The predicted octanol–water partition coefficient (Wildman–Crippen LogP) is 2.44. The summed E-state index contributed by atoms with van der Waals surface area (Å²) in [5, 5.41) is 2.76. The number of rotatable bonds is 4. The molecule has 0 aliphatic rings. The zero-order chi connectivity index (χ0) is 15.8. The molecule has 0 amide bonds. The molecule has 3 N–H and O–H groups in total. The Labute approximate surface area is 129 Å². The normalized spacial score (nSPS) is 11.8. The molecular formula is C14H19N3O2S2. The summed E-state index contributed by atoms with van der Waals surface area (Å²) in [7, 11) is -3.62. The van der Waals surface area contributed by atoms with E-state index in [-0.39, 0.29) is 11.4 Å². The Kier molecular flexibility index (Phi) is 4.36. The second-order valence-electron chi connectivity index (χ2n) is 5.06. The average Bonchev–Trinajstić information content (AvgIpc) is 2.79. The molecule has 0 saturated carbocycles. The van der Waals surface area contributed by atoms with E-state index in [0.29, 0.717) is 16.8 Å². The molecule has 0 fully saturated rings. The zero-order valence-electron chi connectivity index (χ0n) is 12.5. The Morgan fingerprint density at radius 3 is 2.48 bits per heavy atom. The van der Waals surface area contributed by atoms with E-state index in [1.165, 1.54) is 11.3 Å². The van der Waals surface area contributed by atoms with E-state index in [4.69, 9.17) is 5.73 Å². The van der Waals surface area contributed by atoms with Crippen LogP contribution in [-0.4, -0.2) is 13.4 Å². The summed E-state index contributed by atoms with van der Waals surface area (Å²) in [6, 6.07) is 1.80. The number of nitrogens with one attached hydrogen (secondary N) is 1. The predicted molar refractivity (Wildman–Crippen MR) is 85.9 cm³/mol. The topological polar surface area (TPSA) is 85.1 Å². The van der Waals surface area contributed by atoms with Crippen LogP contribution in [0.3, 0.4) is 0 Å². The van der Waals surface area contributed by atoms with Gasteiger partial charge in [-0.05, 0) is 44.4 Å². The zero-order valence-corrected chi connectivity index (χ0v) is 14.2. The lowest BCUT2D eigenvalue weighted by Gasteiger charge is -2.15. The summed E-state index contributed by atoms with van der Waals surface area (Å²) in [5.41, 5.74) is 9.37. The largest absolute Gasteiger partial charge is 0.398 e. The van der Waals surface area contributed by atoms with Crippen molar-refractivity contribution in [3.8, 4) is 0 Å². The Hall–Kier alpha value is -1.44. The molecule has 0 saturated heterocycles. The number of hydrogen-bond acceptors (Lipinski definition) is 5. The van der Waals surface area contributed by atoms with Crippen LogP contribution in [-0.2, 0) is 16.6 Å². The second kappa shape index (κ2) is 5.75. The van der Waals surface area contributed by atoms with Gasteiger partial charge in [0.25, 0.3) is 0 Å². The van der Waals surface area contributed by atoms with Crippen molar-refractivity contribution in [2.75, 3.05) is 5.73 Å². The number of thiazole rings is 1. The number of hydrogen-bond donors (Lipinski definition) is 2. The van der Waals surface area contributed by atoms with Crippen LogP contribution in [0.5, 0.6) is 0 Å². The first-order chi connectivity index (χ1) is 9.72. The molecule has 21 heavy (non-hydrogen) atoms. The number of nitrogens with zero attached hydrogens (tertiary/aromatic N) is 1. The lowest BCUT2D eigenvalue weighted by Crippen LogP contribution is -2.25. The average molecular weight is 325 g/mol. The van der Waals surface area contributed by atoms with Crippen molar-refractivity contribution in [1.82, 2.24) is 9.71 Å². The van der Waals surface area contributed by atoms with Crippen molar-refractivity contribution in [2.45, 2.75) is 39.1 Å². The van der Waals surface area contributed by atoms with Gasteiger partial charge in [0.15, 0.2) is 0 Å². The summed E-state index contributed by atoms with van der Waals surface area (Å²) < 4.78 is 27.6. The SMILES string of the molecule is Cc1nc(CNS(=O)(=O)c2c(C)cc(C)c(N)c2C)cs1. The molecule has 0 radical (unpaired) electrons. The van der Waals surface area contributed by atoms with Gasteiger partial charge in [0.05, 0.1) is 22.1 Å². The minimum Gasteiger partial charge on any atom is -0.398 e. The van der Waals surface area contributed by atoms with Crippen LogP contribution in [0, 0.1) is 27.7 Å². The Morgan fingerprint density at radius 1 is 1.24 bits per heavy atom. The Bertz CT molecular complexity index is 780. The van der Waals surface area contributed by atoms with Gasteiger partial charge >= 0.3 is 0 Å². The van der Waals surface area contributed by atoms with Crippen molar-refractivity contribution < 1.29 is 8.42 Å². The van der Waals surface area contributed by atoms with E-state index >= 15 is 0 Å². The highest BCUT2D eigenvalue weighted by Crippen LogP contribution is 2.28. The fourth-order valence-electron chi connectivity index (χ4n) is 2.33. The molecule has 0 bridgehead atoms. The fraction of sp³-hybridized carbons (Fsp3) is 0.357. The van der Waals surface area contributed by atoms with Crippen LogP contribution in [0.2, 0.25) is 0 Å². The summed E-state index contributed by atoms with van der Waals surface area (Å²) in [6.45, 7) is 7.45. The van der Waals surface area contributed by atoms with Crippen molar-refractivity contribution in [1.29, 1.82) is 0 Å². The quantitative estimate of drug-likeness (QED) is 0.846. The maximum Gasteiger partial charge on any atom is 0.241 e. The molecule has 5 nitrogen and oxygen atoms in total. The lowest BCUT2D eigenvalue weighted by atomic mass is 10.1. The number of aryl methyl sites for hydroxylation is 3. The van der Waals surface area contributed by atoms with Gasteiger partial charge in [-0.2, -0.15) is 0 Å². The van der Waals surface area contributed by atoms with E-state index in [9.17, 15) is 8.42 Å². The standard InChI is InChI=1S/C14H19N3O2S2/c1-8-5-9(2)14(10(3)13(8)15)21(18,19)16-6-12-7-20-11(4)17-12/h5,7,16H,6,15H2,1-4H3. The minimum absolute atomic E-state index is 0.180. The molecule has 1 aromatic carbocycles. The van der Waals surface area contributed by atoms with Gasteiger partial charge in [0, 0.05) is 11.1 Å². The van der Waals surface area contributed by atoms with E-state index in [0.717, 1.165) is 16.3 Å². The van der Waals surface area contributed by atoms with Gasteiger partial charge in [-0.15, -0.1) is 11.3 Å². The van der Waals surface area contributed by atoms with Gasteiger partial charge in [-0.1, -0.05) is 6.07 Å². The molecule has 2 rings (SSSR count). The van der Waals surface area contributed by atoms with E-state index < -0.39 is 10.0 Å². The van der Waals surface area contributed by atoms with Crippen LogP contribution in [0.15, 0.2) is 16.3 Å². The maximum atomic E-state index is 12.5. The van der Waals surface area contributed by atoms with Crippen molar-refractivity contribution >= 4 is 27.0 Å². The summed E-state index contributed by atoms with van der Waals surface area (Å²) in [4.78, 5) is 4.51. The number of nitrogen functional groups attached to an aromatic ring is 1. The number of benzene rings is 1. The highest BCUT2D eigenvalue weighted by Gasteiger charge is 2.22. The van der Waals surface area contributed by atoms with Crippen molar-refractivity contribution in [3.05, 3.63) is 38.8 Å². The smallest absolute Gasteiger partial charge is 0.241 e. The van der Waals surface area contributed by atoms with Crippen LogP contribution in [0.4, 0.5) is 5.69 Å². The number of aromatic nitrogens is 1. The van der Waals surface area contributed by atoms with Crippen LogP contribution < -0.4 is 10.5 Å². The van der Waals surface area contributed by atoms with Crippen LogP contribution in [0.1, 0.15) is 27.4 Å². The molecule has 1 heterocycles. The van der Waals surface area contributed by atoms with Gasteiger partial charge in [-0.25, -0.2) is 18.1 Å². The molecule has 7 heteroatoms. The molecule has 0 unspecified atom stereocenters. The number of anilines is 1. The molecule has 114 valence electrons. The van der Waals surface area contributed by atoms with Crippen LogP contribution in [0.25, 0.3) is 0 Å². The molecule has 0 aliphatic heterocycles. The van der Waals surface area contributed by atoms with E-state index in [1.54, 1.807) is 19.9 Å². The van der Waals surface area contributed by atoms with Crippen molar-refractivity contribution in [2.24, 2.45) is 0 Å². The first-order valence-corrected chi connectivity index (χ1v) is 8.85. The number of nitrogens with two attached hydrogens (primary N) is 1. The van der Waals surface area contributed by atoms with Crippen molar-refractivity contribution in [3.63, 3.8) is 0 Å². The minimum atomic E-state index is -3.62. The molecular weight excluding hydrogens is 306 g/mol. The summed E-state index contributed by atoms with van der Waals surface area (Å²) in [5.74, 6) is 0. The van der Waals surface area contributed by atoms with Gasteiger partial charge in [-0.3, -0.25) is 0 Å². The highest BCUT2D eigenvalue weighted by molar-refractivity contribution is 7.89. The first kappa shape index (κ1) is 15.9. The molecule has 0 aliphatic carbocycles. The van der Waals surface area contributed by atoms with Gasteiger partial charge in [0.1, 0.15) is 0 Å². The number of sulfonamides is 1. The van der Waals surface area contributed by atoms with Gasteiger partial charge < -0.3 is 5.73 Å². The monoisotopic (exact) mass is 325 g/mol. The van der Waals surface area contributed by atoms with Gasteiger partial charge in [0.2, 0.25) is 10.0 Å². The third-order valence-electron chi connectivity index (χ3n) is 3.34. The molecule has 2 aromatic rings. The third-order valence-corrected chi connectivity index (χ3v) is 5.85. The summed E-state index contributed by atoms with van der Waals surface area (Å²) >= 11 is 1.50. The Balaban J connectivity index is 2.34. The highest BCUT2D eigenvalue weighted by atomic mass is 32.2. The molecule has 1 aromatic heterocycles. The molecule has 0 spiro atoms. The van der Waals surface area contributed by atoms with E-state index in [1.807, 2.05) is 19.2 Å².